The van der Waals surface area contributed by atoms with Crippen LogP contribution in [0.25, 0.3) is 0 Å². The molecule has 2 aliphatic rings. The van der Waals surface area contributed by atoms with Crippen molar-refractivity contribution in [2.24, 2.45) is 0 Å². The minimum absolute atomic E-state index is 0.0184. The molecule has 4 rings (SSSR count). The Morgan fingerprint density at radius 1 is 0.929 bits per heavy atom. The van der Waals surface area contributed by atoms with E-state index >= 15 is 0 Å². The first-order valence-corrected chi connectivity index (χ1v) is 9.58. The van der Waals surface area contributed by atoms with E-state index in [0.717, 1.165) is 5.56 Å². The van der Waals surface area contributed by atoms with Gasteiger partial charge in [-0.05, 0) is 23.8 Å². The lowest BCUT2D eigenvalue weighted by Crippen LogP contribution is -2.42. The van der Waals surface area contributed by atoms with E-state index in [-0.39, 0.29) is 30.6 Å². The summed E-state index contributed by atoms with van der Waals surface area (Å²) in [5.74, 6) is 1.15. The van der Waals surface area contributed by atoms with E-state index in [4.69, 9.17) is 14.2 Å². The Labute approximate surface area is 164 Å². The largest absolute Gasteiger partial charge is 0.486 e. The molecule has 0 spiro atoms. The number of Topliss-reactive ketones (excluding diaryl/α,β-unsaturated/α-hetero) is 1. The molecule has 1 saturated heterocycles. The van der Waals surface area contributed by atoms with E-state index in [2.05, 4.69) is 0 Å². The SMILES string of the molecule is O=C(CCC(=O)N1CCOC(c2ccccc2)C1)c1ccc2c(c1)OCCO2. The molecule has 2 aliphatic heterocycles. The summed E-state index contributed by atoms with van der Waals surface area (Å²) in [6.07, 6.45) is 0.244. The van der Waals surface area contributed by atoms with Crippen molar-refractivity contribution in [2.45, 2.75) is 18.9 Å². The Hall–Kier alpha value is -2.86. The summed E-state index contributed by atoms with van der Waals surface area (Å²) in [6, 6.07) is 15.1. The van der Waals surface area contributed by atoms with Gasteiger partial charge in [-0.2, -0.15) is 0 Å². The summed E-state index contributed by atoms with van der Waals surface area (Å²) in [6.45, 7) is 2.56. The summed E-state index contributed by atoms with van der Waals surface area (Å²) in [5.41, 5.74) is 1.61. The van der Waals surface area contributed by atoms with Crippen molar-refractivity contribution in [3.05, 3.63) is 59.7 Å². The van der Waals surface area contributed by atoms with Gasteiger partial charge in [0, 0.05) is 24.9 Å². The van der Waals surface area contributed by atoms with Crippen LogP contribution in [0, 0.1) is 0 Å². The number of fused-ring (bicyclic) bond motifs is 1. The molecule has 2 heterocycles. The van der Waals surface area contributed by atoms with Crippen molar-refractivity contribution >= 4 is 11.7 Å². The summed E-state index contributed by atoms with van der Waals surface area (Å²) in [5, 5.41) is 0. The molecular weight excluding hydrogens is 358 g/mol. The van der Waals surface area contributed by atoms with Crippen LogP contribution in [0.2, 0.25) is 0 Å². The summed E-state index contributed by atoms with van der Waals surface area (Å²) in [4.78, 5) is 26.9. The van der Waals surface area contributed by atoms with Gasteiger partial charge in [0.1, 0.15) is 19.3 Å². The van der Waals surface area contributed by atoms with Gasteiger partial charge in [-0.25, -0.2) is 0 Å². The lowest BCUT2D eigenvalue weighted by Gasteiger charge is -2.33. The highest BCUT2D eigenvalue weighted by Crippen LogP contribution is 2.31. The van der Waals surface area contributed by atoms with E-state index in [1.165, 1.54) is 0 Å². The Morgan fingerprint density at radius 3 is 2.54 bits per heavy atom. The van der Waals surface area contributed by atoms with Crippen molar-refractivity contribution in [1.29, 1.82) is 0 Å². The normalized spacial score (nSPS) is 18.6. The van der Waals surface area contributed by atoms with E-state index in [1.807, 2.05) is 30.3 Å². The smallest absolute Gasteiger partial charge is 0.223 e. The van der Waals surface area contributed by atoms with Gasteiger partial charge in [-0.3, -0.25) is 9.59 Å². The standard InChI is InChI=1S/C22H23NO5/c24-18(17-6-8-19-20(14-17)28-13-12-27-19)7-9-22(25)23-10-11-26-21(15-23)16-4-2-1-3-5-16/h1-6,8,14,21H,7,9-13,15H2. The van der Waals surface area contributed by atoms with Gasteiger partial charge < -0.3 is 19.1 Å². The van der Waals surface area contributed by atoms with E-state index in [9.17, 15) is 9.59 Å². The van der Waals surface area contributed by atoms with Crippen molar-refractivity contribution in [3.8, 4) is 11.5 Å². The molecule has 6 nitrogen and oxygen atoms in total. The molecule has 0 bridgehead atoms. The number of ether oxygens (including phenoxy) is 3. The lowest BCUT2D eigenvalue weighted by molar-refractivity contribution is -0.139. The molecule has 6 heteroatoms. The third-order valence-corrected chi connectivity index (χ3v) is 5.02. The van der Waals surface area contributed by atoms with Gasteiger partial charge in [-0.15, -0.1) is 0 Å². The van der Waals surface area contributed by atoms with E-state index < -0.39 is 0 Å². The highest BCUT2D eigenvalue weighted by atomic mass is 16.6. The molecule has 1 atom stereocenters. The highest BCUT2D eigenvalue weighted by Gasteiger charge is 2.25. The van der Waals surface area contributed by atoms with Gasteiger partial charge in [0.25, 0.3) is 0 Å². The number of morpholine rings is 1. The molecule has 0 aliphatic carbocycles. The van der Waals surface area contributed by atoms with E-state index in [1.54, 1.807) is 23.1 Å². The number of benzene rings is 2. The molecule has 28 heavy (non-hydrogen) atoms. The lowest BCUT2D eigenvalue weighted by atomic mass is 10.0. The van der Waals surface area contributed by atoms with Crippen molar-refractivity contribution in [2.75, 3.05) is 32.9 Å². The van der Waals surface area contributed by atoms with Crippen LogP contribution in [0.1, 0.15) is 34.9 Å². The Bertz CT molecular complexity index is 851. The van der Waals surface area contributed by atoms with E-state index in [0.29, 0.717) is 50.0 Å². The maximum absolute atomic E-state index is 12.6. The minimum atomic E-state index is -0.118. The molecule has 2 aromatic carbocycles. The molecule has 1 fully saturated rings. The quantitative estimate of drug-likeness (QED) is 0.745. The molecule has 2 aromatic rings. The highest BCUT2D eigenvalue weighted by molar-refractivity contribution is 5.98. The molecule has 1 unspecified atom stereocenters. The molecule has 1 amide bonds. The van der Waals surface area contributed by atoms with Crippen LogP contribution in [0.15, 0.2) is 48.5 Å². The van der Waals surface area contributed by atoms with Crippen LogP contribution in [-0.2, 0) is 9.53 Å². The first-order chi connectivity index (χ1) is 13.7. The number of carbonyl (C=O) groups is 2. The first-order valence-electron chi connectivity index (χ1n) is 9.58. The van der Waals surface area contributed by atoms with Crippen molar-refractivity contribution in [3.63, 3.8) is 0 Å². The summed E-state index contributed by atoms with van der Waals surface area (Å²) < 4.78 is 16.8. The summed E-state index contributed by atoms with van der Waals surface area (Å²) in [7, 11) is 0. The number of hydrogen-bond acceptors (Lipinski definition) is 5. The van der Waals surface area contributed by atoms with Crippen molar-refractivity contribution in [1.82, 2.24) is 4.90 Å². The second-order valence-corrected chi connectivity index (χ2v) is 6.89. The van der Waals surface area contributed by atoms with Gasteiger partial charge in [-0.1, -0.05) is 30.3 Å². The van der Waals surface area contributed by atoms with Crippen LogP contribution >= 0.6 is 0 Å². The average Bonchev–Trinajstić information content (AvgIpc) is 2.77. The summed E-state index contributed by atoms with van der Waals surface area (Å²) >= 11 is 0. The second kappa shape index (κ2) is 8.44. The number of hydrogen-bond donors (Lipinski definition) is 0. The Kier molecular flexibility index (Phi) is 5.58. The number of nitrogens with zero attached hydrogens (tertiary/aromatic N) is 1. The topological polar surface area (TPSA) is 65.1 Å². The second-order valence-electron chi connectivity index (χ2n) is 6.89. The molecule has 146 valence electrons. The zero-order valence-corrected chi connectivity index (χ0v) is 15.6. The van der Waals surface area contributed by atoms with Crippen LogP contribution in [-0.4, -0.2) is 49.5 Å². The predicted molar refractivity (Wildman–Crippen MR) is 103 cm³/mol. The first kappa shape index (κ1) is 18.5. The number of amides is 1. The van der Waals surface area contributed by atoms with Gasteiger partial charge in [0.2, 0.25) is 5.91 Å². The minimum Gasteiger partial charge on any atom is -0.486 e. The average molecular weight is 381 g/mol. The van der Waals surface area contributed by atoms with Gasteiger partial charge in [0.05, 0.1) is 13.2 Å². The third kappa shape index (κ3) is 4.17. The van der Waals surface area contributed by atoms with Crippen molar-refractivity contribution < 1.29 is 23.8 Å². The molecule has 0 aromatic heterocycles. The molecule has 0 saturated carbocycles. The predicted octanol–water partition coefficient (Wildman–Crippen LogP) is 3.02. The maximum atomic E-state index is 12.6. The number of ketones is 1. The van der Waals surface area contributed by atoms with Crippen LogP contribution in [0.4, 0.5) is 0 Å². The Morgan fingerprint density at radius 2 is 1.71 bits per heavy atom. The Balaban J connectivity index is 1.33. The number of carbonyl (C=O) groups excluding carboxylic acids is 2. The fourth-order valence-electron chi connectivity index (χ4n) is 3.48. The zero-order chi connectivity index (χ0) is 19.3. The van der Waals surface area contributed by atoms with Gasteiger partial charge in [0.15, 0.2) is 17.3 Å². The van der Waals surface area contributed by atoms with Crippen LogP contribution in [0.3, 0.4) is 0 Å². The molecule has 0 radical (unpaired) electrons. The van der Waals surface area contributed by atoms with Gasteiger partial charge >= 0.3 is 0 Å². The third-order valence-electron chi connectivity index (χ3n) is 5.02. The fraction of sp³-hybridized carbons (Fsp3) is 0.364. The number of rotatable bonds is 5. The monoisotopic (exact) mass is 381 g/mol. The zero-order valence-electron chi connectivity index (χ0n) is 15.6. The maximum Gasteiger partial charge on any atom is 0.223 e. The fourth-order valence-corrected chi connectivity index (χ4v) is 3.48. The molecule has 0 N–H and O–H groups in total. The van der Waals surface area contributed by atoms with Crippen LogP contribution in [0.5, 0.6) is 11.5 Å². The molecular formula is C22H23NO5. The van der Waals surface area contributed by atoms with Crippen LogP contribution < -0.4 is 9.47 Å².